The first-order valence-corrected chi connectivity index (χ1v) is 10.7. The van der Waals surface area contributed by atoms with Crippen molar-refractivity contribution in [3.63, 3.8) is 0 Å². The van der Waals surface area contributed by atoms with Gasteiger partial charge in [-0.3, -0.25) is 4.79 Å². The second kappa shape index (κ2) is 9.91. The molecule has 0 saturated heterocycles. The van der Waals surface area contributed by atoms with Gasteiger partial charge in [0.25, 0.3) is 0 Å². The number of nitrogens with two attached hydrogens (primary N) is 1. The van der Waals surface area contributed by atoms with Crippen LogP contribution in [-0.4, -0.2) is 27.1 Å². The summed E-state index contributed by atoms with van der Waals surface area (Å²) in [6, 6.07) is 13.2. The molecule has 0 unspecified atom stereocenters. The summed E-state index contributed by atoms with van der Waals surface area (Å²) in [5.74, 6) is 0.869. The Bertz CT molecular complexity index is 886. The SMILES string of the molecule is CCC(CC)(CN)C(=O)Nc1ccc(Oc2cccc(S(C)(=O)=O)c2)cc1.Cl. The molecule has 0 saturated carbocycles. The molecule has 154 valence electrons. The van der Waals surface area contributed by atoms with Crippen LogP contribution in [0.3, 0.4) is 0 Å². The fraction of sp³-hybridized carbons (Fsp3) is 0.350. The lowest BCUT2D eigenvalue weighted by atomic mass is 9.81. The average molecular weight is 427 g/mol. The normalized spacial score (nSPS) is 11.4. The van der Waals surface area contributed by atoms with Crippen molar-refractivity contribution in [2.24, 2.45) is 11.1 Å². The number of halogens is 1. The molecule has 0 aliphatic carbocycles. The summed E-state index contributed by atoms with van der Waals surface area (Å²) in [5.41, 5.74) is 5.89. The van der Waals surface area contributed by atoms with Crippen LogP contribution in [0.5, 0.6) is 11.5 Å². The largest absolute Gasteiger partial charge is 0.457 e. The fourth-order valence-electron chi connectivity index (χ4n) is 2.73. The Morgan fingerprint density at radius 2 is 1.68 bits per heavy atom. The van der Waals surface area contributed by atoms with Crippen molar-refractivity contribution in [3.05, 3.63) is 48.5 Å². The molecule has 0 atom stereocenters. The van der Waals surface area contributed by atoms with Crippen LogP contribution < -0.4 is 15.8 Å². The summed E-state index contributed by atoms with van der Waals surface area (Å²) in [6.07, 6.45) is 2.49. The summed E-state index contributed by atoms with van der Waals surface area (Å²) in [7, 11) is -3.30. The van der Waals surface area contributed by atoms with Gasteiger partial charge in [0.15, 0.2) is 9.84 Å². The Hall–Kier alpha value is -2.09. The second-order valence-corrected chi connectivity index (χ2v) is 8.53. The second-order valence-electron chi connectivity index (χ2n) is 6.52. The van der Waals surface area contributed by atoms with E-state index in [1.807, 2.05) is 13.8 Å². The molecule has 6 nitrogen and oxygen atoms in total. The van der Waals surface area contributed by atoms with Crippen LogP contribution in [-0.2, 0) is 14.6 Å². The zero-order valence-corrected chi connectivity index (χ0v) is 17.9. The monoisotopic (exact) mass is 426 g/mol. The molecular formula is C20H27ClN2O4S. The van der Waals surface area contributed by atoms with Crippen LogP contribution in [0.1, 0.15) is 26.7 Å². The van der Waals surface area contributed by atoms with E-state index >= 15 is 0 Å². The molecule has 1 amide bonds. The molecule has 2 aromatic rings. The Labute approximate surface area is 172 Å². The van der Waals surface area contributed by atoms with Crippen LogP contribution in [0.15, 0.2) is 53.4 Å². The number of rotatable bonds is 8. The van der Waals surface area contributed by atoms with Gasteiger partial charge < -0.3 is 15.8 Å². The van der Waals surface area contributed by atoms with E-state index < -0.39 is 15.3 Å². The van der Waals surface area contributed by atoms with E-state index in [2.05, 4.69) is 5.32 Å². The number of sulfone groups is 1. The van der Waals surface area contributed by atoms with E-state index in [0.29, 0.717) is 36.6 Å². The van der Waals surface area contributed by atoms with Crippen molar-refractivity contribution in [2.45, 2.75) is 31.6 Å². The molecular weight excluding hydrogens is 400 g/mol. The number of amides is 1. The maximum atomic E-state index is 12.6. The third-order valence-corrected chi connectivity index (χ3v) is 5.92. The van der Waals surface area contributed by atoms with Gasteiger partial charge in [-0.2, -0.15) is 0 Å². The minimum absolute atomic E-state index is 0. The van der Waals surface area contributed by atoms with E-state index in [1.165, 1.54) is 12.1 Å². The third-order valence-electron chi connectivity index (χ3n) is 4.81. The topological polar surface area (TPSA) is 98.5 Å². The van der Waals surface area contributed by atoms with Crippen molar-refractivity contribution < 1.29 is 17.9 Å². The number of benzene rings is 2. The summed E-state index contributed by atoms with van der Waals surface area (Å²) in [5, 5.41) is 2.90. The zero-order chi connectivity index (χ0) is 20.1. The molecule has 0 heterocycles. The van der Waals surface area contributed by atoms with E-state index in [0.717, 1.165) is 6.26 Å². The quantitative estimate of drug-likeness (QED) is 0.664. The van der Waals surface area contributed by atoms with Crippen molar-refractivity contribution in [1.29, 1.82) is 0 Å². The summed E-state index contributed by atoms with van der Waals surface area (Å²) < 4.78 is 29.0. The van der Waals surface area contributed by atoms with Crippen molar-refractivity contribution in [2.75, 3.05) is 18.1 Å². The standard InChI is InChI=1S/C20H26N2O4S.ClH/c1-4-20(5-2,14-21)19(23)22-15-9-11-16(12-10-15)26-17-7-6-8-18(13-17)27(3,24)25;/h6-13H,4-5,14,21H2,1-3H3,(H,22,23);1H. The number of carbonyl (C=O) groups is 1. The molecule has 28 heavy (non-hydrogen) atoms. The van der Waals surface area contributed by atoms with Crippen LogP contribution in [0, 0.1) is 5.41 Å². The molecule has 2 rings (SSSR count). The molecule has 0 spiro atoms. The van der Waals surface area contributed by atoms with Crippen molar-refractivity contribution in [3.8, 4) is 11.5 Å². The lowest BCUT2D eigenvalue weighted by Gasteiger charge is -2.28. The van der Waals surface area contributed by atoms with Gasteiger partial charge >= 0.3 is 0 Å². The number of hydrogen-bond acceptors (Lipinski definition) is 5. The van der Waals surface area contributed by atoms with Gasteiger partial charge in [0.05, 0.1) is 10.3 Å². The molecule has 0 aliphatic rings. The van der Waals surface area contributed by atoms with Crippen LogP contribution in [0.4, 0.5) is 5.69 Å². The van der Waals surface area contributed by atoms with E-state index in [-0.39, 0.29) is 23.2 Å². The lowest BCUT2D eigenvalue weighted by molar-refractivity contribution is -0.125. The Balaban J connectivity index is 0.00000392. The predicted octanol–water partition coefficient (Wildman–Crippen LogP) is 4.01. The first-order valence-electron chi connectivity index (χ1n) is 8.83. The summed E-state index contributed by atoms with van der Waals surface area (Å²) >= 11 is 0. The maximum absolute atomic E-state index is 12.6. The Morgan fingerprint density at radius 3 is 2.18 bits per heavy atom. The molecule has 2 aromatic carbocycles. The van der Waals surface area contributed by atoms with Gasteiger partial charge in [-0.05, 0) is 55.3 Å². The van der Waals surface area contributed by atoms with Crippen LogP contribution in [0.2, 0.25) is 0 Å². The predicted molar refractivity (Wildman–Crippen MR) is 114 cm³/mol. The van der Waals surface area contributed by atoms with Gasteiger partial charge in [0, 0.05) is 18.5 Å². The molecule has 0 radical (unpaired) electrons. The minimum atomic E-state index is -3.30. The number of ether oxygens (including phenoxy) is 1. The average Bonchev–Trinajstić information content (AvgIpc) is 2.65. The Morgan fingerprint density at radius 1 is 1.07 bits per heavy atom. The lowest BCUT2D eigenvalue weighted by Crippen LogP contribution is -2.41. The molecule has 0 bridgehead atoms. The highest BCUT2D eigenvalue weighted by Gasteiger charge is 2.33. The number of hydrogen-bond donors (Lipinski definition) is 2. The fourth-order valence-corrected chi connectivity index (χ4v) is 3.38. The van der Waals surface area contributed by atoms with Gasteiger partial charge in [-0.15, -0.1) is 12.4 Å². The summed E-state index contributed by atoms with van der Waals surface area (Å²) in [6.45, 7) is 4.21. The molecule has 8 heteroatoms. The van der Waals surface area contributed by atoms with E-state index in [4.69, 9.17) is 10.5 Å². The highest BCUT2D eigenvalue weighted by Crippen LogP contribution is 2.28. The molecule has 3 N–H and O–H groups in total. The van der Waals surface area contributed by atoms with E-state index in [1.54, 1.807) is 36.4 Å². The van der Waals surface area contributed by atoms with Gasteiger partial charge in [0.2, 0.25) is 5.91 Å². The molecule has 0 aromatic heterocycles. The van der Waals surface area contributed by atoms with Crippen LogP contribution >= 0.6 is 12.4 Å². The minimum Gasteiger partial charge on any atom is -0.457 e. The molecule has 0 fully saturated rings. The maximum Gasteiger partial charge on any atom is 0.231 e. The van der Waals surface area contributed by atoms with Crippen molar-refractivity contribution >= 4 is 33.8 Å². The number of nitrogens with one attached hydrogen (secondary N) is 1. The number of carbonyl (C=O) groups excluding carboxylic acids is 1. The number of anilines is 1. The zero-order valence-electron chi connectivity index (χ0n) is 16.3. The first kappa shape index (κ1) is 23.9. The van der Waals surface area contributed by atoms with Crippen LogP contribution in [0.25, 0.3) is 0 Å². The van der Waals surface area contributed by atoms with Gasteiger partial charge in [0.1, 0.15) is 11.5 Å². The Kier molecular flexibility index (Phi) is 8.48. The first-order chi connectivity index (χ1) is 12.7. The smallest absolute Gasteiger partial charge is 0.231 e. The highest BCUT2D eigenvalue weighted by atomic mass is 35.5. The van der Waals surface area contributed by atoms with E-state index in [9.17, 15) is 13.2 Å². The van der Waals surface area contributed by atoms with Gasteiger partial charge in [-0.1, -0.05) is 19.9 Å². The third kappa shape index (κ3) is 5.70. The summed E-state index contributed by atoms with van der Waals surface area (Å²) in [4.78, 5) is 12.8. The highest BCUT2D eigenvalue weighted by molar-refractivity contribution is 7.90. The van der Waals surface area contributed by atoms with Gasteiger partial charge in [-0.25, -0.2) is 8.42 Å². The molecule has 0 aliphatic heterocycles. The van der Waals surface area contributed by atoms with Crippen molar-refractivity contribution in [1.82, 2.24) is 0 Å².